The predicted molar refractivity (Wildman–Crippen MR) is 81.3 cm³/mol. The number of carboxylic acid groups (broad SMARTS) is 1. The van der Waals surface area contributed by atoms with Gasteiger partial charge in [0, 0.05) is 11.9 Å². The molecule has 0 radical (unpaired) electrons. The Balaban J connectivity index is 2.26. The third kappa shape index (κ3) is 3.59. The molecular formula is C17H18NO5-. The van der Waals surface area contributed by atoms with Gasteiger partial charge in [0.15, 0.2) is 0 Å². The molecule has 1 N–H and O–H groups in total. The highest BCUT2D eigenvalue weighted by Crippen LogP contribution is 2.31. The molecule has 1 amide bonds. The maximum Gasteiger partial charge on any atom is 0.339 e. The van der Waals surface area contributed by atoms with Crippen LogP contribution in [0, 0.1) is 17.8 Å². The summed E-state index contributed by atoms with van der Waals surface area (Å²) in [5.41, 5.74) is 0.510. The van der Waals surface area contributed by atoms with Crippen molar-refractivity contribution in [3.8, 4) is 0 Å². The lowest BCUT2D eigenvalue weighted by molar-refractivity contribution is -0.313. The highest BCUT2D eigenvalue weighted by atomic mass is 16.5. The second-order valence-electron chi connectivity index (χ2n) is 5.50. The van der Waals surface area contributed by atoms with Crippen molar-refractivity contribution in [2.45, 2.75) is 13.3 Å². The van der Waals surface area contributed by atoms with Gasteiger partial charge >= 0.3 is 5.97 Å². The lowest BCUT2D eigenvalue weighted by Gasteiger charge is -2.32. The number of allylic oxidation sites excluding steroid dienone is 2. The Morgan fingerprint density at radius 2 is 1.96 bits per heavy atom. The number of aliphatic carboxylic acids is 1. The molecule has 0 fully saturated rings. The molecule has 0 spiro atoms. The van der Waals surface area contributed by atoms with Gasteiger partial charge in [-0.3, -0.25) is 4.79 Å². The summed E-state index contributed by atoms with van der Waals surface area (Å²) < 4.78 is 4.68. The van der Waals surface area contributed by atoms with Gasteiger partial charge in [0.2, 0.25) is 5.91 Å². The number of nitrogens with one attached hydrogen (secondary N) is 1. The van der Waals surface area contributed by atoms with Gasteiger partial charge in [-0.2, -0.15) is 0 Å². The van der Waals surface area contributed by atoms with Crippen molar-refractivity contribution in [3.05, 3.63) is 42.0 Å². The van der Waals surface area contributed by atoms with Gasteiger partial charge in [-0.1, -0.05) is 31.2 Å². The summed E-state index contributed by atoms with van der Waals surface area (Å²) in [6.45, 7) is 1.78. The van der Waals surface area contributed by atoms with Crippen molar-refractivity contribution in [2.75, 3.05) is 12.4 Å². The molecule has 0 aliphatic heterocycles. The molecule has 6 heteroatoms. The monoisotopic (exact) mass is 316 g/mol. The van der Waals surface area contributed by atoms with E-state index in [1.54, 1.807) is 31.2 Å². The second-order valence-corrected chi connectivity index (χ2v) is 5.50. The van der Waals surface area contributed by atoms with Gasteiger partial charge in [-0.05, 0) is 24.5 Å². The van der Waals surface area contributed by atoms with Crippen molar-refractivity contribution in [1.29, 1.82) is 0 Å². The van der Waals surface area contributed by atoms with Crippen molar-refractivity contribution in [2.24, 2.45) is 17.8 Å². The third-order valence-corrected chi connectivity index (χ3v) is 4.03. The van der Waals surface area contributed by atoms with E-state index in [0.717, 1.165) is 0 Å². The molecule has 0 saturated carbocycles. The minimum Gasteiger partial charge on any atom is -0.550 e. The molecule has 1 aliphatic carbocycles. The number of carbonyl (C=O) groups excluding carboxylic acids is 3. The van der Waals surface area contributed by atoms with Crippen LogP contribution in [0.5, 0.6) is 0 Å². The Morgan fingerprint density at radius 3 is 2.61 bits per heavy atom. The predicted octanol–water partition coefficient (Wildman–Crippen LogP) is 0.990. The molecule has 0 saturated heterocycles. The summed E-state index contributed by atoms with van der Waals surface area (Å²) in [6.07, 6.45) is 3.82. The van der Waals surface area contributed by atoms with Crippen LogP contribution in [-0.4, -0.2) is 25.0 Å². The first-order valence-electron chi connectivity index (χ1n) is 7.31. The quantitative estimate of drug-likeness (QED) is 0.660. The molecular weight excluding hydrogens is 298 g/mol. The highest BCUT2D eigenvalue weighted by Gasteiger charge is 2.35. The molecule has 1 aromatic rings. The number of carbonyl (C=O) groups is 3. The Morgan fingerprint density at radius 1 is 1.26 bits per heavy atom. The van der Waals surface area contributed by atoms with E-state index in [-0.39, 0.29) is 17.9 Å². The summed E-state index contributed by atoms with van der Waals surface area (Å²) in [4.78, 5) is 35.6. The van der Waals surface area contributed by atoms with Crippen molar-refractivity contribution in [1.82, 2.24) is 0 Å². The van der Waals surface area contributed by atoms with Crippen LogP contribution in [0.2, 0.25) is 0 Å². The number of esters is 1. The van der Waals surface area contributed by atoms with E-state index in [4.69, 9.17) is 0 Å². The SMILES string of the molecule is COC(=O)c1ccccc1NC(=O)C1C(C)C=CCC1C(=O)[O-]. The first-order chi connectivity index (χ1) is 11.0. The topological polar surface area (TPSA) is 95.5 Å². The van der Waals surface area contributed by atoms with E-state index in [9.17, 15) is 19.5 Å². The first-order valence-corrected chi connectivity index (χ1v) is 7.31. The maximum atomic E-state index is 12.6. The lowest BCUT2D eigenvalue weighted by Crippen LogP contribution is -2.44. The number of hydrogen-bond acceptors (Lipinski definition) is 5. The van der Waals surface area contributed by atoms with Crippen molar-refractivity contribution >= 4 is 23.5 Å². The van der Waals surface area contributed by atoms with Crippen LogP contribution in [0.3, 0.4) is 0 Å². The van der Waals surface area contributed by atoms with E-state index >= 15 is 0 Å². The molecule has 122 valence electrons. The van der Waals surface area contributed by atoms with Gasteiger partial charge < -0.3 is 20.0 Å². The third-order valence-electron chi connectivity index (χ3n) is 4.03. The average Bonchev–Trinajstić information content (AvgIpc) is 2.54. The smallest absolute Gasteiger partial charge is 0.339 e. The molecule has 1 aliphatic rings. The minimum absolute atomic E-state index is 0.215. The summed E-state index contributed by atoms with van der Waals surface area (Å²) in [7, 11) is 1.25. The minimum atomic E-state index is -1.25. The van der Waals surface area contributed by atoms with Crippen LogP contribution in [0.15, 0.2) is 36.4 Å². The maximum absolute atomic E-state index is 12.6. The largest absolute Gasteiger partial charge is 0.550 e. The number of rotatable bonds is 4. The summed E-state index contributed by atoms with van der Waals surface area (Å²) in [5, 5.41) is 13.9. The van der Waals surface area contributed by atoms with Crippen molar-refractivity contribution in [3.63, 3.8) is 0 Å². The molecule has 3 unspecified atom stereocenters. The number of ether oxygens (including phenoxy) is 1. The second kappa shape index (κ2) is 7.09. The average molecular weight is 316 g/mol. The number of amides is 1. The Kier molecular flexibility index (Phi) is 5.16. The van der Waals surface area contributed by atoms with Crippen LogP contribution in [0.4, 0.5) is 5.69 Å². The van der Waals surface area contributed by atoms with Gasteiger partial charge in [0.05, 0.1) is 24.3 Å². The van der Waals surface area contributed by atoms with E-state index in [2.05, 4.69) is 10.1 Å². The fourth-order valence-corrected chi connectivity index (χ4v) is 2.83. The van der Waals surface area contributed by atoms with Gasteiger partial charge in [0.1, 0.15) is 0 Å². The van der Waals surface area contributed by atoms with Gasteiger partial charge in [-0.15, -0.1) is 0 Å². The zero-order valence-corrected chi connectivity index (χ0v) is 12.9. The zero-order chi connectivity index (χ0) is 17.0. The molecule has 0 aromatic heterocycles. The number of methoxy groups -OCH3 is 1. The number of anilines is 1. The van der Waals surface area contributed by atoms with E-state index in [1.807, 2.05) is 6.08 Å². The fraction of sp³-hybridized carbons (Fsp3) is 0.353. The number of para-hydroxylation sites is 1. The molecule has 2 rings (SSSR count). The standard InChI is InChI=1S/C17H19NO5/c1-10-6-5-8-12(16(20)21)14(10)15(19)18-13-9-4-3-7-11(13)17(22)23-2/h3-7,9-10,12,14H,8H2,1-2H3,(H,18,19)(H,20,21)/p-1. The van der Waals surface area contributed by atoms with Crippen LogP contribution >= 0.6 is 0 Å². The van der Waals surface area contributed by atoms with Crippen LogP contribution in [0.25, 0.3) is 0 Å². The summed E-state index contributed by atoms with van der Waals surface area (Å²) >= 11 is 0. The fourth-order valence-electron chi connectivity index (χ4n) is 2.83. The normalized spacial score (nSPS) is 23.1. The van der Waals surface area contributed by atoms with E-state index < -0.39 is 29.7 Å². The zero-order valence-electron chi connectivity index (χ0n) is 12.9. The Hall–Kier alpha value is -2.63. The van der Waals surface area contributed by atoms with Crippen LogP contribution in [-0.2, 0) is 14.3 Å². The summed E-state index contributed by atoms with van der Waals surface area (Å²) in [6, 6.07) is 6.42. The van der Waals surface area contributed by atoms with E-state index in [0.29, 0.717) is 5.69 Å². The molecule has 0 heterocycles. The number of benzene rings is 1. The Bertz CT molecular complexity index is 652. The first kappa shape index (κ1) is 16.7. The molecule has 23 heavy (non-hydrogen) atoms. The highest BCUT2D eigenvalue weighted by molar-refractivity contribution is 6.02. The lowest BCUT2D eigenvalue weighted by atomic mass is 9.76. The molecule has 3 atom stereocenters. The van der Waals surface area contributed by atoms with Gasteiger partial charge in [-0.25, -0.2) is 4.79 Å². The van der Waals surface area contributed by atoms with Crippen LogP contribution in [0.1, 0.15) is 23.7 Å². The molecule has 0 bridgehead atoms. The molecule has 1 aromatic carbocycles. The van der Waals surface area contributed by atoms with Crippen molar-refractivity contribution < 1.29 is 24.2 Å². The molecule has 6 nitrogen and oxygen atoms in total. The number of hydrogen-bond donors (Lipinski definition) is 1. The Labute approximate surface area is 134 Å². The number of carboxylic acids is 1. The van der Waals surface area contributed by atoms with E-state index in [1.165, 1.54) is 13.2 Å². The summed E-state index contributed by atoms with van der Waals surface area (Å²) in [5.74, 6) is -4.16. The van der Waals surface area contributed by atoms with Gasteiger partial charge in [0.25, 0.3) is 0 Å². The van der Waals surface area contributed by atoms with Crippen LogP contribution < -0.4 is 10.4 Å².